The molecule has 0 saturated carbocycles. The minimum Gasteiger partial charge on any atom is -0.348 e. The van der Waals surface area contributed by atoms with E-state index in [0.717, 1.165) is 13.0 Å². The van der Waals surface area contributed by atoms with Crippen LogP contribution in [0.5, 0.6) is 0 Å². The molecule has 0 spiro atoms. The number of carbonyl (C=O) groups is 1. The first-order valence-electron chi connectivity index (χ1n) is 4.44. The zero-order valence-corrected chi connectivity index (χ0v) is 7.89. The summed E-state index contributed by atoms with van der Waals surface area (Å²) in [5, 5.41) is 0. The first kappa shape index (κ1) is 8.05. The van der Waals surface area contributed by atoms with Gasteiger partial charge in [-0.1, -0.05) is 0 Å². The van der Waals surface area contributed by atoms with Gasteiger partial charge in [-0.05, 0) is 20.8 Å². The van der Waals surface area contributed by atoms with Gasteiger partial charge >= 0.3 is 0 Å². The maximum atomic E-state index is 11.4. The van der Waals surface area contributed by atoms with Crippen LogP contribution in [0.3, 0.4) is 0 Å². The summed E-state index contributed by atoms with van der Waals surface area (Å²) in [6.07, 6.45) is 1.49. The normalized spacial score (nSPS) is 38.9. The van der Waals surface area contributed by atoms with E-state index in [9.17, 15) is 4.79 Å². The summed E-state index contributed by atoms with van der Waals surface area (Å²) in [4.78, 5) is 13.3. The van der Waals surface area contributed by atoms with Crippen LogP contribution in [-0.2, 0) is 9.53 Å². The molecule has 0 aromatic heterocycles. The van der Waals surface area contributed by atoms with Crippen molar-refractivity contribution < 1.29 is 9.53 Å². The monoisotopic (exact) mass is 169 g/mol. The van der Waals surface area contributed by atoms with E-state index in [1.165, 1.54) is 0 Å². The lowest BCUT2D eigenvalue weighted by Gasteiger charge is -2.26. The predicted octanol–water partition coefficient (Wildman–Crippen LogP) is 1.13. The minimum atomic E-state index is -0.305. The van der Waals surface area contributed by atoms with Gasteiger partial charge in [-0.2, -0.15) is 0 Å². The zero-order valence-electron chi connectivity index (χ0n) is 7.89. The molecule has 2 aliphatic heterocycles. The molecule has 2 aliphatic rings. The Hall–Kier alpha value is -0.570. The largest absolute Gasteiger partial charge is 0.348 e. The van der Waals surface area contributed by atoms with Gasteiger partial charge in [0.15, 0.2) is 0 Å². The summed E-state index contributed by atoms with van der Waals surface area (Å²) in [5.41, 5.74) is -0.467. The molecule has 0 aromatic carbocycles. The lowest BCUT2D eigenvalue weighted by Crippen LogP contribution is -2.38. The Morgan fingerprint density at radius 3 is 2.67 bits per heavy atom. The summed E-state index contributed by atoms with van der Waals surface area (Å²) in [6, 6.07) is 0. The van der Waals surface area contributed by atoms with Crippen molar-refractivity contribution in [2.24, 2.45) is 0 Å². The highest BCUT2D eigenvalue weighted by Crippen LogP contribution is 2.41. The molecular weight excluding hydrogens is 154 g/mol. The Kier molecular flexibility index (Phi) is 1.35. The Morgan fingerprint density at radius 2 is 2.08 bits per heavy atom. The maximum absolute atomic E-state index is 11.4. The molecule has 2 rings (SSSR count). The van der Waals surface area contributed by atoms with E-state index in [2.05, 4.69) is 0 Å². The van der Waals surface area contributed by atoms with Gasteiger partial charge in [0.1, 0.15) is 5.72 Å². The Balaban J connectivity index is 2.28. The molecule has 0 aliphatic carbocycles. The Bertz CT molecular complexity index is 237. The van der Waals surface area contributed by atoms with Crippen molar-refractivity contribution in [3.8, 4) is 0 Å². The van der Waals surface area contributed by atoms with E-state index in [4.69, 9.17) is 4.74 Å². The van der Waals surface area contributed by atoms with Crippen molar-refractivity contribution in [2.45, 2.75) is 44.9 Å². The molecule has 68 valence electrons. The molecule has 1 amide bonds. The van der Waals surface area contributed by atoms with Crippen molar-refractivity contribution in [3.05, 3.63) is 0 Å². The zero-order chi connectivity index (χ0) is 8.98. The average molecular weight is 169 g/mol. The highest BCUT2D eigenvalue weighted by molar-refractivity contribution is 5.79. The van der Waals surface area contributed by atoms with Crippen LogP contribution in [-0.4, -0.2) is 28.7 Å². The number of hydrogen-bond acceptors (Lipinski definition) is 2. The third-order valence-electron chi connectivity index (χ3n) is 2.71. The fourth-order valence-corrected chi connectivity index (χ4v) is 2.24. The molecule has 3 heteroatoms. The molecule has 12 heavy (non-hydrogen) atoms. The van der Waals surface area contributed by atoms with Gasteiger partial charge in [0.2, 0.25) is 5.91 Å². The van der Waals surface area contributed by atoms with Gasteiger partial charge in [-0.15, -0.1) is 0 Å². The summed E-state index contributed by atoms with van der Waals surface area (Å²) >= 11 is 0. The van der Waals surface area contributed by atoms with Crippen LogP contribution in [0.25, 0.3) is 0 Å². The number of carbonyl (C=O) groups excluding carboxylic acids is 1. The molecule has 2 saturated heterocycles. The first-order valence-corrected chi connectivity index (χ1v) is 4.44. The quantitative estimate of drug-likeness (QED) is 0.544. The SMILES string of the molecule is CC1(C)CN2C(=O)CC[C@@]2(C)O1. The van der Waals surface area contributed by atoms with Crippen molar-refractivity contribution in [1.82, 2.24) is 4.90 Å². The molecule has 2 heterocycles. The maximum Gasteiger partial charge on any atom is 0.225 e. The fourth-order valence-electron chi connectivity index (χ4n) is 2.24. The molecule has 0 N–H and O–H groups in total. The van der Waals surface area contributed by atoms with Gasteiger partial charge in [0, 0.05) is 12.8 Å². The van der Waals surface area contributed by atoms with Crippen molar-refractivity contribution in [1.29, 1.82) is 0 Å². The number of amides is 1. The molecule has 1 atom stereocenters. The number of hydrogen-bond donors (Lipinski definition) is 0. The van der Waals surface area contributed by atoms with Gasteiger partial charge in [-0.25, -0.2) is 0 Å². The van der Waals surface area contributed by atoms with Gasteiger partial charge in [0.25, 0.3) is 0 Å². The topological polar surface area (TPSA) is 29.5 Å². The highest BCUT2D eigenvalue weighted by atomic mass is 16.6. The summed E-state index contributed by atoms with van der Waals surface area (Å²) in [5.74, 6) is 0.239. The third kappa shape index (κ3) is 0.959. The molecule has 0 bridgehead atoms. The first-order chi connectivity index (χ1) is 5.43. The lowest BCUT2D eigenvalue weighted by atomic mass is 10.1. The predicted molar refractivity (Wildman–Crippen MR) is 44.5 cm³/mol. The minimum absolute atomic E-state index is 0.162. The van der Waals surface area contributed by atoms with E-state index in [1.807, 2.05) is 25.7 Å². The van der Waals surface area contributed by atoms with Crippen LogP contribution < -0.4 is 0 Å². The molecule has 0 radical (unpaired) electrons. The standard InChI is InChI=1S/C9H15NO2/c1-8(2)6-10-7(11)4-5-9(10,3)12-8/h4-6H2,1-3H3/t9-/m1/s1. The van der Waals surface area contributed by atoms with E-state index >= 15 is 0 Å². The second kappa shape index (κ2) is 2.02. The number of nitrogens with zero attached hydrogens (tertiary/aromatic N) is 1. The van der Waals surface area contributed by atoms with Gasteiger partial charge in [0.05, 0.1) is 12.1 Å². The molecular formula is C9H15NO2. The van der Waals surface area contributed by atoms with Crippen LogP contribution in [0.2, 0.25) is 0 Å². The van der Waals surface area contributed by atoms with E-state index in [1.54, 1.807) is 0 Å². The van der Waals surface area contributed by atoms with E-state index in [-0.39, 0.29) is 17.2 Å². The van der Waals surface area contributed by atoms with Gasteiger partial charge in [-0.3, -0.25) is 4.79 Å². The Labute approximate surface area is 72.7 Å². The second-order valence-corrected chi connectivity index (χ2v) is 4.52. The number of rotatable bonds is 0. The molecule has 0 aromatic rings. The average Bonchev–Trinajstić information content (AvgIpc) is 2.28. The van der Waals surface area contributed by atoms with Crippen LogP contribution in [0, 0.1) is 0 Å². The molecule has 2 fully saturated rings. The smallest absolute Gasteiger partial charge is 0.225 e. The van der Waals surface area contributed by atoms with Gasteiger partial charge < -0.3 is 9.64 Å². The van der Waals surface area contributed by atoms with Crippen molar-refractivity contribution in [2.75, 3.05) is 6.54 Å². The van der Waals surface area contributed by atoms with Crippen LogP contribution in [0.1, 0.15) is 33.6 Å². The molecule has 3 nitrogen and oxygen atoms in total. The van der Waals surface area contributed by atoms with Crippen LogP contribution in [0.15, 0.2) is 0 Å². The van der Waals surface area contributed by atoms with Crippen molar-refractivity contribution >= 4 is 5.91 Å². The van der Waals surface area contributed by atoms with Crippen molar-refractivity contribution in [3.63, 3.8) is 0 Å². The van der Waals surface area contributed by atoms with E-state index < -0.39 is 0 Å². The van der Waals surface area contributed by atoms with Crippen LogP contribution >= 0.6 is 0 Å². The third-order valence-corrected chi connectivity index (χ3v) is 2.71. The Morgan fingerprint density at radius 1 is 1.42 bits per heavy atom. The second-order valence-electron chi connectivity index (χ2n) is 4.52. The lowest BCUT2D eigenvalue weighted by molar-refractivity contribution is -0.138. The summed E-state index contributed by atoms with van der Waals surface area (Å²) in [6.45, 7) is 6.81. The van der Waals surface area contributed by atoms with E-state index in [0.29, 0.717) is 6.42 Å². The summed E-state index contributed by atoms with van der Waals surface area (Å²) in [7, 11) is 0. The fraction of sp³-hybridized carbons (Fsp3) is 0.889. The number of fused-ring (bicyclic) bond motifs is 1. The summed E-state index contributed by atoms with van der Waals surface area (Å²) < 4.78 is 5.84. The van der Waals surface area contributed by atoms with Crippen LogP contribution in [0.4, 0.5) is 0 Å². The molecule has 0 unspecified atom stereocenters. The number of ether oxygens (including phenoxy) is 1. The highest BCUT2D eigenvalue weighted by Gasteiger charge is 2.52.